The van der Waals surface area contributed by atoms with Gasteiger partial charge in [0, 0.05) is 10.6 Å². The maximum Gasteiger partial charge on any atom is 0.310 e. The Bertz CT molecular complexity index is 804. The molecule has 0 unspecified atom stereocenters. The van der Waals surface area contributed by atoms with Crippen LogP contribution in [0, 0.1) is 5.82 Å². The Labute approximate surface area is 156 Å². The lowest BCUT2D eigenvalue weighted by atomic mass is 9.88. The Morgan fingerprint density at radius 2 is 2.00 bits per heavy atom. The molecule has 3 rings (SSSR count). The second-order valence-electron chi connectivity index (χ2n) is 6.25. The minimum atomic E-state index is -0.698. The third-order valence-corrected chi connectivity index (χ3v) is 4.81. The van der Waals surface area contributed by atoms with Crippen molar-refractivity contribution in [2.45, 2.75) is 31.7 Å². The van der Waals surface area contributed by atoms with Gasteiger partial charge in [-0.1, -0.05) is 41.9 Å². The van der Waals surface area contributed by atoms with E-state index < -0.39 is 18.4 Å². The van der Waals surface area contributed by atoms with Crippen LogP contribution in [0.3, 0.4) is 0 Å². The molecule has 6 heteroatoms. The number of carbonyl (C=O) groups excluding carboxylic acids is 2. The fourth-order valence-corrected chi connectivity index (χ4v) is 3.41. The van der Waals surface area contributed by atoms with Crippen molar-refractivity contribution in [3.05, 3.63) is 70.0 Å². The van der Waals surface area contributed by atoms with Gasteiger partial charge in [0.2, 0.25) is 0 Å². The minimum Gasteiger partial charge on any atom is -0.455 e. The van der Waals surface area contributed by atoms with Crippen molar-refractivity contribution in [1.29, 1.82) is 0 Å². The van der Waals surface area contributed by atoms with Crippen molar-refractivity contribution in [3.8, 4) is 0 Å². The van der Waals surface area contributed by atoms with Gasteiger partial charge in [-0.2, -0.15) is 0 Å². The van der Waals surface area contributed by atoms with Crippen molar-refractivity contribution in [2.24, 2.45) is 0 Å². The zero-order valence-electron chi connectivity index (χ0n) is 14.1. The van der Waals surface area contributed by atoms with E-state index >= 15 is 0 Å². The first-order valence-corrected chi connectivity index (χ1v) is 8.88. The molecule has 0 aromatic heterocycles. The van der Waals surface area contributed by atoms with Crippen LogP contribution in [0.15, 0.2) is 42.5 Å². The zero-order valence-corrected chi connectivity index (χ0v) is 14.9. The van der Waals surface area contributed by atoms with Crippen LogP contribution in [0.4, 0.5) is 4.39 Å². The molecule has 1 amide bonds. The first kappa shape index (κ1) is 18.4. The number of amides is 1. The second kappa shape index (κ2) is 8.32. The Morgan fingerprint density at radius 3 is 2.81 bits per heavy atom. The molecule has 26 heavy (non-hydrogen) atoms. The van der Waals surface area contributed by atoms with E-state index in [4.69, 9.17) is 16.3 Å². The molecule has 0 fully saturated rings. The largest absolute Gasteiger partial charge is 0.455 e. The lowest BCUT2D eigenvalue weighted by Crippen LogP contribution is -2.34. The number of aryl methyl sites for hydroxylation is 1. The lowest BCUT2D eigenvalue weighted by molar-refractivity contribution is -0.148. The summed E-state index contributed by atoms with van der Waals surface area (Å²) in [4.78, 5) is 24.0. The molecular weight excluding hydrogens is 357 g/mol. The predicted octanol–water partition coefficient (Wildman–Crippen LogP) is 3.76. The fraction of sp³-hybridized carbons (Fsp3) is 0.300. The molecule has 0 spiro atoms. The summed E-state index contributed by atoms with van der Waals surface area (Å²) in [6.45, 7) is -0.399. The topological polar surface area (TPSA) is 55.4 Å². The van der Waals surface area contributed by atoms with Crippen LogP contribution in [-0.4, -0.2) is 18.5 Å². The SMILES string of the molecule is O=C(COC(=O)Cc1c(F)cccc1Cl)N[C@H]1CCCc2ccccc21. The Balaban J connectivity index is 1.53. The van der Waals surface area contributed by atoms with Crippen molar-refractivity contribution < 1.29 is 18.7 Å². The van der Waals surface area contributed by atoms with Gasteiger partial charge in [-0.15, -0.1) is 0 Å². The molecule has 0 bridgehead atoms. The van der Waals surface area contributed by atoms with Gasteiger partial charge >= 0.3 is 5.97 Å². The molecule has 1 aliphatic carbocycles. The number of hydrogen-bond donors (Lipinski definition) is 1. The predicted molar refractivity (Wildman–Crippen MR) is 96.3 cm³/mol. The van der Waals surface area contributed by atoms with Gasteiger partial charge in [0.15, 0.2) is 6.61 Å². The van der Waals surface area contributed by atoms with Gasteiger partial charge in [0.25, 0.3) is 5.91 Å². The number of rotatable bonds is 5. The van der Waals surface area contributed by atoms with E-state index in [9.17, 15) is 14.0 Å². The van der Waals surface area contributed by atoms with Gasteiger partial charge < -0.3 is 10.1 Å². The maximum absolute atomic E-state index is 13.7. The number of fused-ring (bicyclic) bond motifs is 1. The van der Waals surface area contributed by atoms with Crippen molar-refractivity contribution in [2.75, 3.05) is 6.61 Å². The van der Waals surface area contributed by atoms with Gasteiger partial charge in [-0.3, -0.25) is 9.59 Å². The zero-order chi connectivity index (χ0) is 18.5. The fourth-order valence-electron chi connectivity index (χ4n) is 3.18. The molecule has 1 aliphatic rings. The van der Waals surface area contributed by atoms with Gasteiger partial charge in [-0.05, 0) is 42.5 Å². The third kappa shape index (κ3) is 4.41. The third-order valence-electron chi connectivity index (χ3n) is 4.45. The van der Waals surface area contributed by atoms with Crippen molar-refractivity contribution in [1.82, 2.24) is 5.32 Å². The highest BCUT2D eigenvalue weighted by atomic mass is 35.5. The number of hydrogen-bond acceptors (Lipinski definition) is 3. The Morgan fingerprint density at radius 1 is 1.19 bits per heavy atom. The molecule has 1 N–H and O–H groups in total. The van der Waals surface area contributed by atoms with Gasteiger partial charge in [-0.25, -0.2) is 4.39 Å². The summed E-state index contributed by atoms with van der Waals surface area (Å²) in [5, 5.41) is 3.06. The normalized spacial score (nSPS) is 15.8. The van der Waals surface area contributed by atoms with Crippen LogP contribution in [0.25, 0.3) is 0 Å². The molecule has 1 atom stereocenters. The molecule has 136 valence electrons. The Hall–Kier alpha value is -2.40. The second-order valence-corrected chi connectivity index (χ2v) is 6.66. The van der Waals surface area contributed by atoms with E-state index in [1.807, 2.05) is 18.2 Å². The number of ether oxygens (including phenoxy) is 1. The standard InChI is InChI=1S/C20H19ClFNO3/c21-16-8-4-9-17(22)15(16)11-20(25)26-12-19(24)23-18-10-3-6-13-5-1-2-7-14(13)18/h1-2,4-5,7-9,18H,3,6,10-12H2,(H,23,24)/t18-/m0/s1. The molecule has 0 radical (unpaired) electrons. The average Bonchev–Trinajstić information content (AvgIpc) is 2.63. The molecule has 0 saturated heterocycles. The number of benzene rings is 2. The molecule has 2 aromatic carbocycles. The molecular formula is C20H19ClFNO3. The molecule has 0 saturated carbocycles. The van der Waals surface area contributed by atoms with Gasteiger partial charge in [0.1, 0.15) is 5.82 Å². The van der Waals surface area contributed by atoms with Crippen LogP contribution in [0.5, 0.6) is 0 Å². The van der Waals surface area contributed by atoms with Crippen LogP contribution in [-0.2, 0) is 27.2 Å². The summed E-state index contributed by atoms with van der Waals surface area (Å²) in [7, 11) is 0. The van der Waals surface area contributed by atoms with E-state index in [0.29, 0.717) is 0 Å². The van der Waals surface area contributed by atoms with E-state index in [0.717, 1.165) is 24.8 Å². The number of nitrogens with one attached hydrogen (secondary N) is 1. The highest BCUT2D eigenvalue weighted by Crippen LogP contribution is 2.29. The highest BCUT2D eigenvalue weighted by molar-refractivity contribution is 6.31. The average molecular weight is 376 g/mol. The van der Waals surface area contributed by atoms with Crippen LogP contribution >= 0.6 is 11.6 Å². The monoisotopic (exact) mass is 375 g/mol. The summed E-state index contributed by atoms with van der Waals surface area (Å²) in [5.41, 5.74) is 2.41. The number of carbonyl (C=O) groups is 2. The molecule has 0 aliphatic heterocycles. The maximum atomic E-state index is 13.7. The summed E-state index contributed by atoms with van der Waals surface area (Å²) < 4.78 is 18.7. The highest BCUT2D eigenvalue weighted by Gasteiger charge is 2.22. The van der Waals surface area contributed by atoms with Crippen LogP contribution in [0.2, 0.25) is 5.02 Å². The molecule has 4 nitrogen and oxygen atoms in total. The van der Waals surface area contributed by atoms with Crippen LogP contribution in [0.1, 0.15) is 35.6 Å². The van der Waals surface area contributed by atoms with Crippen molar-refractivity contribution >= 4 is 23.5 Å². The lowest BCUT2D eigenvalue weighted by Gasteiger charge is -2.26. The summed E-state index contributed by atoms with van der Waals surface area (Å²) >= 11 is 5.89. The summed E-state index contributed by atoms with van der Waals surface area (Å²) in [6.07, 6.45) is 2.53. The Kier molecular flexibility index (Phi) is 5.89. The van der Waals surface area contributed by atoms with E-state index in [1.54, 1.807) is 0 Å². The summed E-state index contributed by atoms with van der Waals surface area (Å²) in [5.74, 6) is -1.64. The van der Waals surface area contributed by atoms with Crippen molar-refractivity contribution in [3.63, 3.8) is 0 Å². The quantitative estimate of drug-likeness (QED) is 0.809. The molecule has 0 heterocycles. The van der Waals surface area contributed by atoms with E-state index in [2.05, 4.69) is 11.4 Å². The van der Waals surface area contributed by atoms with Crippen LogP contribution < -0.4 is 5.32 Å². The smallest absolute Gasteiger partial charge is 0.310 e. The first-order valence-electron chi connectivity index (χ1n) is 8.50. The first-order chi connectivity index (χ1) is 12.5. The minimum absolute atomic E-state index is 0.0702. The van der Waals surface area contributed by atoms with Gasteiger partial charge in [0.05, 0.1) is 12.5 Å². The van der Waals surface area contributed by atoms with E-state index in [-0.39, 0.29) is 29.0 Å². The molecule has 2 aromatic rings. The number of halogens is 2. The number of esters is 1. The summed E-state index contributed by atoms with van der Waals surface area (Å²) in [6, 6.07) is 12.1. The van der Waals surface area contributed by atoms with E-state index in [1.165, 1.54) is 23.8 Å².